The van der Waals surface area contributed by atoms with Crippen LogP contribution in [0.2, 0.25) is 0 Å². The minimum Gasteiger partial charge on any atom is -0.379 e. The van der Waals surface area contributed by atoms with Gasteiger partial charge in [-0.25, -0.2) is 4.98 Å². The fourth-order valence-corrected chi connectivity index (χ4v) is 3.22. The zero-order valence-electron chi connectivity index (χ0n) is 15.4. The lowest BCUT2D eigenvalue weighted by Crippen LogP contribution is -2.34. The van der Waals surface area contributed by atoms with Gasteiger partial charge in [0.15, 0.2) is 5.16 Å². The Hall–Kier alpha value is -2.39. The minimum atomic E-state index is -0.612. The number of nitrogens with two attached hydrogens (primary N) is 1. The first-order chi connectivity index (χ1) is 12.9. The zero-order chi connectivity index (χ0) is 19.8. The van der Waals surface area contributed by atoms with Crippen LogP contribution in [0.1, 0.15) is 20.3 Å². The molecule has 0 fully saturated rings. The van der Waals surface area contributed by atoms with E-state index in [0.717, 1.165) is 11.8 Å². The third-order valence-corrected chi connectivity index (χ3v) is 4.57. The highest BCUT2D eigenvalue weighted by atomic mass is 32.2. The van der Waals surface area contributed by atoms with Gasteiger partial charge in [0.2, 0.25) is 11.8 Å². The summed E-state index contributed by atoms with van der Waals surface area (Å²) in [5.41, 5.74) is 5.45. The number of para-hydroxylation sites is 1. The van der Waals surface area contributed by atoms with E-state index in [-0.39, 0.29) is 29.9 Å². The summed E-state index contributed by atoms with van der Waals surface area (Å²) in [5, 5.41) is 3.41. The number of carbonyl (C=O) groups excluding carboxylic acids is 2. The molecule has 2 aromatic rings. The highest BCUT2D eigenvalue weighted by molar-refractivity contribution is 7.99. The normalized spacial score (nSPS) is 11.1. The van der Waals surface area contributed by atoms with Crippen molar-refractivity contribution >= 4 is 34.5 Å². The fraction of sp³-hybridized carbons (Fsp3) is 0.444. The molecule has 27 heavy (non-hydrogen) atoms. The number of primary amides is 1. The van der Waals surface area contributed by atoms with Crippen molar-refractivity contribution in [2.45, 2.75) is 38.1 Å². The second kappa shape index (κ2) is 10.1. The van der Waals surface area contributed by atoms with Gasteiger partial charge in [-0.3, -0.25) is 19.0 Å². The summed E-state index contributed by atoms with van der Waals surface area (Å²) in [6, 6.07) is 7.10. The highest BCUT2D eigenvalue weighted by Crippen LogP contribution is 2.18. The summed E-state index contributed by atoms with van der Waals surface area (Å²) >= 11 is 1.15. The van der Waals surface area contributed by atoms with E-state index in [1.165, 1.54) is 0 Å². The number of rotatable bonds is 10. The number of ether oxygens (including phenoxy) is 1. The van der Waals surface area contributed by atoms with Crippen LogP contribution in [-0.2, 0) is 20.9 Å². The SMILES string of the molecule is CC(C)OCCCn1c(SCC(=O)NCC(N)=O)nc2ccccc2c1=O. The van der Waals surface area contributed by atoms with Crippen molar-refractivity contribution in [2.24, 2.45) is 5.73 Å². The quantitative estimate of drug-likeness (QED) is 0.353. The van der Waals surface area contributed by atoms with Crippen LogP contribution in [0.5, 0.6) is 0 Å². The smallest absolute Gasteiger partial charge is 0.262 e. The predicted octanol–water partition coefficient (Wildman–Crippen LogP) is 0.905. The lowest BCUT2D eigenvalue weighted by molar-refractivity contribution is -0.123. The Labute approximate surface area is 161 Å². The van der Waals surface area contributed by atoms with E-state index in [2.05, 4.69) is 10.3 Å². The van der Waals surface area contributed by atoms with Crippen LogP contribution in [0, 0.1) is 0 Å². The summed E-state index contributed by atoms with van der Waals surface area (Å²) in [4.78, 5) is 40.0. The van der Waals surface area contributed by atoms with E-state index < -0.39 is 5.91 Å². The van der Waals surface area contributed by atoms with Crippen molar-refractivity contribution in [3.63, 3.8) is 0 Å². The molecule has 146 valence electrons. The van der Waals surface area contributed by atoms with Crippen molar-refractivity contribution in [3.8, 4) is 0 Å². The van der Waals surface area contributed by atoms with Crippen LogP contribution < -0.4 is 16.6 Å². The van der Waals surface area contributed by atoms with Crippen LogP contribution in [0.25, 0.3) is 10.9 Å². The standard InChI is InChI=1S/C18H24N4O4S/c1-12(2)26-9-5-8-22-17(25)13-6-3-4-7-14(13)21-18(22)27-11-16(24)20-10-15(19)23/h3-4,6-7,12H,5,8-11H2,1-2H3,(H2,19,23)(H,20,24). The minimum absolute atomic E-state index is 0.0283. The molecule has 0 spiro atoms. The van der Waals surface area contributed by atoms with Crippen molar-refractivity contribution < 1.29 is 14.3 Å². The molecule has 3 N–H and O–H groups in total. The average Bonchev–Trinajstić information content (AvgIpc) is 2.63. The van der Waals surface area contributed by atoms with Gasteiger partial charge in [-0.05, 0) is 32.4 Å². The second-order valence-corrected chi connectivity index (χ2v) is 7.12. The Balaban J connectivity index is 2.18. The Morgan fingerprint density at radius 1 is 1.33 bits per heavy atom. The molecule has 0 aliphatic carbocycles. The zero-order valence-corrected chi connectivity index (χ0v) is 16.3. The number of fused-ring (bicyclic) bond motifs is 1. The molecule has 1 heterocycles. The average molecular weight is 392 g/mol. The Morgan fingerprint density at radius 3 is 2.78 bits per heavy atom. The largest absolute Gasteiger partial charge is 0.379 e. The van der Waals surface area contributed by atoms with Crippen LogP contribution in [-0.4, -0.2) is 46.4 Å². The van der Waals surface area contributed by atoms with Gasteiger partial charge in [0.25, 0.3) is 5.56 Å². The van der Waals surface area contributed by atoms with E-state index in [0.29, 0.717) is 35.6 Å². The maximum Gasteiger partial charge on any atom is 0.262 e. The summed E-state index contributed by atoms with van der Waals surface area (Å²) in [6.45, 7) is 4.66. The lowest BCUT2D eigenvalue weighted by Gasteiger charge is -2.14. The number of aromatic nitrogens is 2. The maximum atomic E-state index is 12.8. The van der Waals surface area contributed by atoms with E-state index in [4.69, 9.17) is 10.5 Å². The van der Waals surface area contributed by atoms with Crippen molar-refractivity contribution in [1.82, 2.24) is 14.9 Å². The van der Waals surface area contributed by atoms with Crippen molar-refractivity contribution in [3.05, 3.63) is 34.6 Å². The monoisotopic (exact) mass is 392 g/mol. The number of nitrogens with one attached hydrogen (secondary N) is 1. The number of thioether (sulfide) groups is 1. The molecule has 0 unspecified atom stereocenters. The molecule has 8 nitrogen and oxygen atoms in total. The number of nitrogens with zero attached hydrogens (tertiary/aromatic N) is 2. The molecule has 1 aromatic carbocycles. The van der Waals surface area contributed by atoms with Crippen LogP contribution in [0.15, 0.2) is 34.2 Å². The number of hydrogen-bond donors (Lipinski definition) is 2. The molecule has 0 saturated carbocycles. The van der Waals surface area contributed by atoms with Crippen LogP contribution in [0.3, 0.4) is 0 Å². The number of carbonyl (C=O) groups is 2. The Morgan fingerprint density at radius 2 is 2.07 bits per heavy atom. The molecule has 0 aliphatic heterocycles. The molecule has 0 atom stereocenters. The summed E-state index contributed by atoms with van der Waals surface area (Å²) < 4.78 is 7.10. The number of hydrogen-bond acceptors (Lipinski definition) is 6. The fourth-order valence-electron chi connectivity index (χ4n) is 2.36. The molecule has 1 aromatic heterocycles. The van der Waals surface area contributed by atoms with Gasteiger partial charge in [-0.1, -0.05) is 23.9 Å². The maximum absolute atomic E-state index is 12.8. The second-order valence-electron chi connectivity index (χ2n) is 6.17. The van der Waals surface area contributed by atoms with Gasteiger partial charge < -0.3 is 15.8 Å². The first-order valence-electron chi connectivity index (χ1n) is 8.67. The van der Waals surface area contributed by atoms with Gasteiger partial charge >= 0.3 is 0 Å². The first-order valence-corrected chi connectivity index (χ1v) is 9.66. The third kappa shape index (κ3) is 6.37. The van der Waals surface area contributed by atoms with Gasteiger partial charge in [-0.2, -0.15) is 0 Å². The van der Waals surface area contributed by atoms with Gasteiger partial charge in [0.1, 0.15) is 0 Å². The molecule has 2 amide bonds. The van der Waals surface area contributed by atoms with Crippen LogP contribution >= 0.6 is 11.8 Å². The summed E-state index contributed by atoms with van der Waals surface area (Å²) in [7, 11) is 0. The highest BCUT2D eigenvalue weighted by Gasteiger charge is 2.13. The van der Waals surface area contributed by atoms with E-state index in [1.54, 1.807) is 22.8 Å². The predicted molar refractivity (Wildman–Crippen MR) is 105 cm³/mol. The molecule has 2 rings (SSSR count). The van der Waals surface area contributed by atoms with E-state index >= 15 is 0 Å². The molecule has 0 radical (unpaired) electrons. The summed E-state index contributed by atoms with van der Waals surface area (Å²) in [6.07, 6.45) is 0.777. The molecule has 9 heteroatoms. The van der Waals surface area contributed by atoms with E-state index in [1.807, 2.05) is 19.9 Å². The van der Waals surface area contributed by atoms with Gasteiger partial charge in [-0.15, -0.1) is 0 Å². The van der Waals surface area contributed by atoms with E-state index in [9.17, 15) is 14.4 Å². The third-order valence-electron chi connectivity index (χ3n) is 3.60. The molecule has 0 bridgehead atoms. The van der Waals surface area contributed by atoms with Gasteiger partial charge in [0.05, 0.1) is 29.3 Å². The van der Waals surface area contributed by atoms with Gasteiger partial charge in [0, 0.05) is 13.2 Å². The van der Waals surface area contributed by atoms with Crippen LogP contribution in [0.4, 0.5) is 0 Å². The number of amides is 2. The first kappa shape index (κ1) is 20.9. The Bertz CT molecular complexity index is 866. The molecule has 0 aliphatic rings. The molecular weight excluding hydrogens is 368 g/mol. The Kier molecular flexibility index (Phi) is 7.81. The van der Waals surface area contributed by atoms with Crippen molar-refractivity contribution in [2.75, 3.05) is 18.9 Å². The molecular formula is C18H24N4O4S. The van der Waals surface area contributed by atoms with Crippen molar-refractivity contribution in [1.29, 1.82) is 0 Å². The summed E-state index contributed by atoms with van der Waals surface area (Å²) in [5.74, 6) is -0.935. The molecule has 0 saturated heterocycles. The topological polar surface area (TPSA) is 116 Å². The lowest BCUT2D eigenvalue weighted by atomic mass is 10.2. The number of benzene rings is 1.